The summed E-state index contributed by atoms with van der Waals surface area (Å²) >= 11 is 0. The molecule has 1 aliphatic heterocycles. The van der Waals surface area contributed by atoms with Gasteiger partial charge in [-0.05, 0) is 19.8 Å². The molecule has 1 rings (SSSR count). The molecule has 6 heteroatoms. The second-order valence-electron chi connectivity index (χ2n) is 5.70. The molecule has 1 unspecified atom stereocenters. The zero-order valence-electron chi connectivity index (χ0n) is 13.7. The lowest BCUT2D eigenvalue weighted by molar-refractivity contribution is -0.132. The summed E-state index contributed by atoms with van der Waals surface area (Å²) in [6.45, 7) is 10.8. The number of carbonyl (C=O) groups is 2. The third kappa shape index (κ3) is 6.91. The molecule has 0 aliphatic carbocycles. The molecule has 0 aromatic carbocycles. The van der Waals surface area contributed by atoms with Crippen molar-refractivity contribution >= 4 is 11.8 Å². The number of amides is 2. The summed E-state index contributed by atoms with van der Waals surface area (Å²) in [5, 5.41) is 6.11. The first-order valence-electron chi connectivity index (χ1n) is 8.07. The minimum absolute atomic E-state index is 0.0788. The van der Waals surface area contributed by atoms with Crippen molar-refractivity contribution < 1.29 is 9.59 Å². The molecule has 0 bridgehead atoms. The highest BCUT2D eigenvalue weighted by molar-refractivity contribution is 5.79. The second kappa shape index (κ2) is 9.73. The van der Waals surface area contributed by atoms with Crippen molar-refractivity contribution in [2.75, 3.05) is 45.8 Å². The van der Waals surface area contributed by atoms with Crippen molar-refractivity contribution in [2.24, 2.45) is 0 Å². The van der Waals surface area contributed by atoms with Crippen LogP contribution in [-0.4, -0.2) is 73.5 Å². The molecule has 1 fully saturated rings. The first-order valence-corrected chi connectivity index (χ1v) is 8.07. The van der Waals surface area contributed by atoms with Crippen molar-refractivity contribution in [3.05, 3.63) is 0 Å². The maximum Gasteiger partial charge on any atom is 0.236 e. The molecule has 2 amide bonds. The van der Waals surface area contributed by atoms with Gasteiger partial charge in [-0.15, -0.1) is 0 Å². The molecule has 0 aromatic rings. The quantitative estimate of drug-likeness (QED) is 0.664. The van der Waals surface area contributed by atoms with E-state index in [0.29, 0.717) is 32.2 Å². The number of nitrogens with one attached hydrogen (secondary N) is 2. The van der Waals surface area contributed by atoms with Gasteiger partial charge in [-0.2, -0.15) is 0 Å². The van der Waals surface area contributed by atoms with Crippen LogP contribution in [0.4, 0.5) is 0 Å². The molecule has 21 heavy (non-hydrogen) atoms. The van der Waals surface area contributed by atoms with E-state index in [4.69, 9.17) is 0 Å². The van der Waals surface area contributed by atoms with Crippen LogP contribution in [0.2, 0.25) is 0 Å². The van der Waals surface area contributed by atoms with Gasteiger partial charge in [-0.25, -0.2) is 0 Å². The van der Waals surface area contributed by atoms with E-state index >= 15 is 0 Å². The zero-order valence-corrected chi connectivity index (χ0v) is 13.7. The number of nitrogens with zero attached hydrogens (tertiary/aromatic N) is 2. The molecule has 6 nitrogen and oxygen atoms in total. The van der Waals surface area contributed by atoms with E-state index in [2.05, 4.69) is 29.4 Å². The number of hydrogen-bond acceptors (Lipinski definition) is 4. The van der Waals surface area contributed by atoms with Gasteiger partial charge < -0.3 is 15.5 Å². The topological polar surface area (TPSA) is 64.7 Å². The van der Waals surface area contributed by atoms with E-state index < -0.39 is 0 Å². The summed E-state index contributed by atoms with van der Waals surface area (Å²) in [6, 6.07) is 0.373. The van der Waals surface area contributed by atoms with Gasteiger partial charge in [-0.1, -0.05) is 13.8 Å². The van der Waals surface area contributed by atoms with E-state index in [-0.39, 0.29) is 11.8 Å². The van der Waals surface area contributed by atoms with Crippen LogP contribution < -0.4 is 10.6 Å². The fourth-order valence-corrected chi connectivity index (χ4v) is 2.20. The maximum absolute atomic E-state index is 12.1. The highest BCUT2D eigenvalue weighted by atomic mass is 16.2. The molecule has 0 spiro atoms. The van der Waals surface area contributed by atoms with E-state index in [0.717, 1.165) is 32.5 Å². The first kappa shape index (κ1) is 17.9. The summed E-state index contributed by atoms with van der Waals surface area (Å²) < 4.78 is 0. The van der Waals surface area contributed by atoms with Gasteiger partial charge in [0.2, 0.25) is 11.8 Å². The Morgan fingerprint density at radius 3 is 2.38 bits per heavy atom. The Morgan fingerprint density at radius 1 is 1.14 bits per heavy atom. The van der Waals surface area contributed by atoms with Crippen LogP contribution in [-0.2, 0) is 9.59 Å². The van der Waals surface area contributed by atoms with E-state index in [1.54, 1.807) is 0 Å². The Bertz CT molecular complexity index is 328. The average molecular weight is 298 g/mol. The van der Waals surface area contributed by atoms with Crippen LogP contribution in [0.3, 0.4) is 0 Å². The third-order valence-electron chi connectivity index (χ3n) is 3.88. The fourth-order valence-electron chi connectivity index (χ4n) is 2.20. The predicted octanol–water partition coefficient (Wildman–Crippen LogP) is 0.0449. The Morgan fingerprint density at radius 2 is 1.81 bits per heavy atom. The lowest BCUT2D eigenvalue weighted by Gasteiger charge is -2.34. The SMILES string of the molecule is CCCNC(=O)CN1CCN(C(=O)CNC(C)CC)CC1. The maximum atomic E-state index is 12.1. The molecule has 0 aromatic heterocycles. The largest absolute Gasteiger partial charge is 0.355 e. The monoisotopic (exact) mass is 298 g/mol. The number of carbonyl (C=O) groups excluding carboxylic acids is 2. The average Bonchev–Trinajstić information content (AvgIpc) is 2.50. The van der Waals surface area contributed by atoms with E-state index in [9.17, 15) is 9.59 Å². The van der Waals surface area contributed by atoms with Gasteiger partial charge in [0.15, 0.2) is 0 Å². The predicted molar refractivity (Wildman–Crippen MR) is 84.1 cm³/mol. The van der Waals surface area contributed by atoms with Crippen LogP contribution in [0.1, 0.15) is 33.6 Å². The molecular formula is C15H30N4O2. The fraction of sp³-hybridized carbons (Fsp3) is 0.867. The molecule has 1 heterocycles. The van der Waals surface area contributed by atoms with Gasteiger partial charge in [-0.3, -0.25) is 14.5 Å². The number of piperazine rings is 1. The molecule has 0 saturated carbocycles. The van der Waals surface area contributed by atoms with Crippen LogP contribution in [0, 0.1) is 0 Å². The number of rotatable bonds is 8. The van der Waals surface area contributed by atoms with Crippen LogP contribution in [0.15, 0.2) is 0 Å². The highest BCUT2D eigenvalue weighted by Gasteiger charge is 2.22. The summed E-state index contributed by atoms with van der Waals surface area (Å²) in [5.74, 6) is 0.237. The summed E-state index contributed by atoms with van der Waals surface area (Å²) in [5.41, 5.74) is 0. The van der Waals surface area contributed by atoms with Crippen molar-refractivity contribution in [2.45, 2.75) is 39.7 Å². The second-order valence-corrected chi connectivity index (χ2v) is 5.70. The van der Waals surface area contributed by atoms with Crippen LogP contribution >= 0.6 is 0 Å². The van der Waals surface area contributed by atoms with Crippen LogP contribution in [0.5, 0.6) is 0 Å². The molecule has 2 N–H and O–H groups in total. The van der Waals surface area contributed by atoms with E-state index in [1.807, 2.05) is 11.8 Å². The molecule has 122 valence electrons. The normalized spacial score (nSPS) is 17.6. The summed E-state index contributed by atoms with van der Waals surface area (Å²) in [7, 11) is 0. The lowest BCUT2D eigenvalue weighted by atomic mass is 10.2. The summed E-state index contributed by atoms with van der Waals surface area (Å²) in [6.07, 6.45) is 1.98. The van der Waals surface area contributed by atoms with Gasteiger partial charge >= 0.3 is 0 Å². The lowest BCUT2D eigenvalue weighted by Crippen LogP contribution is -2.53. The minimum Gasteiger partial charge on any atom is -0.355 e. The smallest absolute Gasteiger partial charge is 0.236 e. The highest BCUT2D eigenvalue weighted by Crippen LogP contribution is 2.02. The Kier molecular flexibility index (Phi) is 8.30. The Hall–Kier alpha value is -1.14. The standard InChI is InChI=1S/C15H30N4O2/c1-4-6-16-14(20)12-18-7-9-19(10-8-18)15(21)11-17-13(3)5-2/h13,17H,4-12H2,1-3H3,(H,16,20). The van der Waals surface area contributed by atoms with Crippen molar-refractivity contribution in [1.29, 1.82) is 0 Å². The molecule has 0 radical (unpaired) electrons. The van der Waals surface area contributed by atoms with Gasteiger partial charge in [0, 0.05) is 38.8 Å². The van der Waals surface area contributed by atoms with Gasteiger partial charge in [0.1, 0.15) is 0 Å². The summed E-state index contributed by atoms with van der Waals surface area (Å²) in [4.78, 5) is 27.7. The zero-order chi connectivity index (χ0) is 15.7. The van der Waals surface area contributed by atoms with Crippen LogP contribution in [0.25, 0.3) is 0 Å². The third-order valence-corrected chi connectivity index (χ3v) is 3.88. The van der Waals surface area contributed by atoms with E-state index in [1.165, 1.54) is 0 Å². The Labute approximate surface area is 128 Å². The van der Waals surface area contributed by atoms with Crippen molar-refractivity contribution in [3.8, 4) is 0 Å². The van der Waals surface area contributed by atoms with Gasteiger partial charge in [0.05, 0.1) is 13.1 Å². The minimum atomic E-state index is 0.0788. The molecule has 1 saturated heterocycles. The van der Waals surface area contributed by atoms with Crippen molar-refractivity contribution in [1.82, 2.24) is 20.4 Å². The molecular weight excluding hydrogens is 268 g/mol. The Balaban J connectivity index is 2.22. The first-order chi connectivity index (χ1) is 10.1. The van der Waals surface area contributed by atoms with Crippen molar-refractivity contribution in [3.63, 3.8) is 0 Å². The number of hydrogen-bond donors (Lipinski definition) is 2. The van der Waals surface area contributed by atoms with Gasteiger partial charge in [0.25, 0.3) is 0 Å². The molecule has 1 atom stereocenters. The molecule has 1 aliphatic rings.